The molecule has 2 aromatic carbocycles. The van der Waals surface area contributed by atoms with Crippen LogP contribution in [0.15, 0.2) is 41.6 Å². The van der Waals surface area contributed by atoms with Crippen LogP contribution in [0.2, 0.25) is 0 Å². The number of rotatable bonds is 3. The number of aryl methyl sites for hydroxylation is 1. The highest BCUT2D eigenvalue weighted by Crippen LogP contribution is 2.31. The molecule has 0 bridgehead atoms. The summed E-state index contributed by atoms with van der Waals surface area (Å²) in [5.41, 5.74) is -7.78. The zero-order valence-corrected chi connectivity index (χ0v) is 13.1. The molecule has 4 nitrogen and oxygen atoms in total. The van der Waals surface area contributed by atoms with Gasteiger partial charge in [0.25, 0.3) is 0 Å². The van der Waals surface area contributed by atoms with Crippen molar-refractivity contribution in [1.29, 1.82) is 0 Å². The van der Waals surface area contributed by atoms with Crippen molar-refractivity contribution in [2.45, 2.75) is 18.6 Å². The van der Waals surface area contributed by atoms with E-state index in [1.807, 2.05) is 0 Å². The molecule has 0 aliphatic rings. The molecule has 0 fully saturated rings. The van der Waals surface area contributed by atoms with Gasteiger partial charge in [-0.3, -0.25) is 4.28 Å². The Bertz CT molecular complexity index is 932. The van der Waals surface area contributed by atoms with E-state index < -0.39 is 33.1 Å². The van der Waals surface area contributed by atoms with Gasteiger partial charge in [-0.25, -0.2) is 0 Å². The quantitative estimate of drug-likeness (QED) is 0.343. The van der Waals surface area contributed by atoms with E-state index in [-0.39, 0.29) is 5.39 Å². The Morgan fingerprint density at radius 2 is 1.52 bits per heavy atom. The first-order valence-electron chi connectivity index (χ1n) is 6.48. The number of fused-ring (bicyclic) bond motifs is 1. The number of halogens is 6. The van der Waals surface area contributed by atoms with Crippen LogP contribution in [-0.2, 0) is 14.4 Å². The summed E-state index contributed by atoms with van der Waals surface area (Å²) in [4.78, 5) is 0. The van der Waals surface area contributed by atoms with E-state index in [1.54, 1.807) is 13.0 Å². The molecule has 2 aromatic rings. The van der Waals surface area contributed by atoms with E-state index >= 15 is 0 Å². The second-order valence-electron chi connectivity index (χ2n) is 4.89. The van der Waals surface area contributed by atoms with Crippen molar-refractivity contribution in [2.75, 3.05) is 0 Å². The van der Waals surface area contributed by atoms with Crippen molar-refractivity contribution < 1.29 is 39.0 Å². The molecule has 0 N–H and O–H groups in total. The zero-order valence-electron chi connectivity index (χ0n) is 12.3. The number of hydrogen-bond acceptors (Lipinski definition) is 4. The monoisotopic (exact) mass is 385 g/mol. The Labute approximate surface area is 137 Å². The maximum Gasteiger partial charge on any atom is 0.536 e. The smallest absolute Gasteiger partial charge is 0.261 e. The standard InChI is InChI=1S/C14H9F6NO3S/c1-8-6-7-11(10-5-3-2-4-9(8)10)12(13(15,16)17)21-24-25(22,23)14(18,19)20/h2-7H,1H3/b21-12+. The second-order valence-corrected chi connectivity index (χ2v) is 6.41. The lowest BCUT2D eigenvalue weighted by molar-refractivity contribution is -0.0633. The van der Waals surface area contributed by atoms with Crippen LogP contribution in [0.1, 0.15) is 11.1 Å². The Morgan fingerprint density at radius 1 is 0.960 bits per heavy atom. The highest BCUT2D eigenvalue weighted by atomic mass is 32.2. The maximum absolute atomic E-state index is 13.2. The van der Waals surface area contributed by atoms with E-state index in [0.29, 0.717) is 10.9 Å². The Balaban J connectivity index is 2.66. The third-order valence-electron chi connectivity index (χ3n) is 3.18. The van der Waals surface area contributed by atoms with Crippen LogP contribution in [0, 0.1) is 6.92 Å². The van der Waals surface area contributed by atoms with Crippen molar-refractivity contribution in [2.24, 2.45) is 5.16 Å². The zero-order chi connectivity index (χ0) is 19.0. The average molecular weight is 385 g/mol. The van der Waals surface area contributed by atoms with Gasteiger partial charge < -0.3 is 0 Å². The topological polar surface area (TPSA) is 55.7 Å². The first-order chi connectivity index (χ1) is 11.3. The summed E-state index contributed by atoms with van der Waals surface area (Å²) >= 11 is 0. The molecule has 2 rings (SSSR count). The maximum atomic E-state index is 13.2. The summed E-state index contributed by atoms with van der Waals surface area (Å²) in [5.74, 6) is 0. The summed E-state index contributed by atoms with van der Waals surface area (Å²) in [7, 11) is -6.31. The predicted molar refractivity (Wildman–Crippen MR) is 77.3 cm³/mol. The minimum Gasteiger partial charge on any atom is -0.261 e. The van der Waals surface area contributed by atoms with E-state index in [2.05, 4.69) is 9.44 Å². The highest BCUT2D eigenvalue weighted by molar-refractivity contribution is 7.87. The third-order valence-corrected chi connectivity index (χ3v) is 4.01. The molecule has 136 valence electrons. The summed E-state index contributed by atoms with van der Waals surface area (Å²) in [6, 6.07) is 8.08. The number of nitrogens with zero attached hydrogens (tertiary/aromatic N) is 1. The molecule has 25 heavy (non-hydrogen) atoms. The largest absolute Gasteiger partial charge is 0.536 e. The molecule has 11 heteroatoms. The number of oxime groups is 1. The number of alkyl halides is 6. The van der Waals surface area contributed by atoms with Crippen molar-refractivity contribution in [3.05, 3.63) is 47.5 Å². The fourth-order valence-corrected chi connectivity index (χ4v) is 2.30. The average Bonchev–Trinajstić information content (AvgIpc) is 2.47. The molecule has 0 radical (unpaired) electrons. The molecule has 0 spiro atoms. The fraction of sp³-hybridized carbons (Fsp3) is 0.214. The predicted octanol–water partition coefficient (Wildman–Crippen LogP) is 4.28. The molecule has 0 atom stereocenters. The molecule has 0 amide bonds. The highest BCUT2D eigenvalue weighted by Gasteiger charge is 2.50. The lowest BCUT2D eigenvalue weighted by Gasteiger charge is -2.14. The summed E-state index contributed by atoms with van der Waals surface area (Å²) in [6.45, 7) is 1.63. The van der Waals surface area contributed by atoms with Crippen molar-refractivity contribution in [3.63, 3.8) is 0 Å². The summed E-state index contributed by atoms with van der Waals surface area (Å²) in [6.07, 6.45) is -5.25. The molecule has 0 aromatic heterocycles. The molecule has 0 heterocycles. The first-order valence-corrected chi connectivity index (χ1v) is 7.89. The van der Waals surface area contributed by atoms with E-state index in [4.69, 9.17) is 0 Å². The lowest BCUT2D eigenvalue weighted by atomic mass is 9.97. The van der Waals surface area contributed by atoms with Gasteiger partial charge in [0.15, 0.2) is 5.71 Å². The van der Waals surface area contributed by atoms with Crippen molar-refractivity contribution in [1.82, 2.24) is 0 Å². The van der Waals surface area contributed by atoms with Gasteiger partial charge in [0.1, 0.15) is 0 Å². The first kappa shape index (κ1) is 19.0. The van der Waals surface area contributed by atoms with Gasteiger partial charge in [0, 0.05) is 5.56 Å². The molecular formula is C14H9F6NO3S. The SMILES string of the molecule is Cc1ccc(/C(=N\OS(=O)(=O)C(F)(F)F)C(F)(F)F)c2ccccc12. The number of hydrogen-bond donors (Lipinski definition) is 0. The van der Waals surface area contributed by atoms with Crippen LogP contribution in [0.4, 0.5) is 26.3 Å². The second kappa shape index (κ2) is 6.21. The van der Waals surface area contributed by atoms with Crippen LogP contribution < -0.4 is 0 Å². The van der Waals surface area contributed by atoms with Gasteiger partial charge in [-0.2, -0.15) is 34.8 Å². The Kier molecular flexibility index (Phi) is 4.73. The fourth-order valence-electron chi connectivity index (χ4n) is 2.04. The molecular weight excluding hydrogens is 376 g/mol. The normalized spacial score (nSPS) is 14.0. The minimum atomic E-state index is -6.31. The van der Waals surface area contributed by atoms with Crippen molar-refractivity contribution >= 4 is 26.6 Å². The van der Waals surface area contributed by atoms with Crippen molar-refractivity contribution in [3.8, 4) is 0 Å². The van der Waals surface area contributed by atoms with Crippen LogP contribution >= 0.6 is 0 Å². The van der Waals surface area contributed by atoms with Crippen LogP contribution in [-0.4, -0.2) is 25.8 Å². The lowest BCUT2D eigenvalue weighted by Crippen LogP contribution is -2.28. The van der Waals surface area contributed by atoms with Gasteiger partial charge in [0.05, 0.1) is 0 Å². The molecule has 0 aliphatic heterocycles. The van der Waals surface area contributed by atoms with Crippen LogP contribution in [0.3, 0.4) is 0 Å². The minimum absolute atomic E-state index is 0.0339. The third kappa shape index (κ3) is 3.86. The van der Waals surface area contributed by atoms with Gasteiger partial charge in [0.2, 0.25) is 0 Å². The molecule has 0 aliphatic carbocycles. The van der Waals surface area contributed by atoms with Gasteiger partial charge in [-0.1, -0.05) is 41.6 Å². The number of benzene rings is 2. The van der Waals surface area contributed by atoms with Gasteiger partial charge >= 0.3 is 21.8 Å². The van der Waals surface area contributed by atoms with E-state index in [9.17, 15) is 34.8 Å². The van der Waals surface area contributed by atoms with Gasteiger partial charge in [-0.15, -0.1) is 0 Å². The van der Waals surface area contributed by atoms with E-state index in [1.165, 1.54) is 24.3 Å². The van der Waals surface area contributed by atoms with E-state index in [0.717, 1.165) is 6.07 Å². The van der Waals surface area contributed by atoms with Crippen LogP contribution in [0.25, 0.3) is 10.8 Å². The molecule has 0 unspecified atom stereocenters. The summed E-state index contributed by atoms with van der Waals surface area (Å²) in [5, 5.41) is 2.70. The van der Waals surface area contributed by atoms with Crippen LogP contribution in [0.5, 0.6) is 0 Å². The molecule has 0 saturated carbocycles. The molecule has 0 saturated heterocycles. The summed E-state index contributed by atoms with van der Waals surface area (Å²) < 4.78 is 101. The Hall–Kier alpha value is -2.30. The van der Waals surface area contributed by atoms with Gasteiger partial charge in [-0.05, 0) is 23.3 Å². The Morgan fingerprint density at radius 3 is 2.04 bits per heavy atom.